The number of carbonyl (C=O) groups is 1. The van der Waals surface area contributed by atoms with Gasteiger partial charge in [-0.25, -0.2) is 4.98 Å². The summed E-state index contributed by atoms with van der Waals surface area (Å²) in [4.78, 5) is 19.6. The molecule has 0 unspecified atom stereocenters. The van der Waals surface area contributed by atoms with E-state index in [4.69, 9.17) is 4.42 Å². The van der Waals surface area contributed by atoms with E-state index in [2.05, 4.69) is 18.8 Å². The third-order valence-electron chi connectivity index (χ3n) is 3.54. The van der Waals surface area contributed by atoms with Crippen LogP contribution in [0.5, 0.6) is 0 Å². The van der Waals surface area contributed by atoms with Crippen LogP contribution >= 0.6 is 23.1 Å². The maximum Gasteiger partial charge on any atom is 0.236 e. The highest BCUT2D eigenvalue weighted by molar-refractivity contribution is 7.99. The topological polar surface area (TPSA) is 46.3 Å². The van der Waals surface area contributed by atoms with E-state index in [0.717, 1.165) is 23.6 Å². The molecule has 1 aliphatic rings. The van der Waals surface area contributed by atoms with Gasteiger partial charge in [0.15, 0.2) is 5.76 Å². The third kappa shape index (κ3) is 3.16. The summed E-state index contributed by atoms with van der Waals surface area (Å²) in [5, 5.41) is 2.06. The molecule has 0 saturated carbocycles. The average molecular weight is 322 g/mol. The molecule has 0 bridgehead atoms. The summed E-state index contributed by atoms with van der Waals surface area (Å²) in [5.41, 5.74) is 0. The van der Waals surface area contributed by atoms with Gasteiger partial charge in [0.25, 0.3) is 0 Å². The number of rotatable bonds is 5. The fourth-order valence-electron chi connectivity index (χ4n) is 2.42. The quantitative estimate of drug-likeness (QED) is 0.843. The van der Waals surface area contributed by atoms with E-state index in [1.807, 2.05) is 22.4 Å². The number of aromatic nitrogens is 1. The van der Waals surface area contributed by atoms with Crippen LogP contribution in [-0.2, 0) is 10.5 Å². The van der Waals surface area contributed by atoms with E-state index in [-0.39, 0.29) is 17.2 Å². The Morgan fingerprint density at radius 3 is 3.10 bits per heavy atom. The Hall–Kier alpha value is -1.27. The molecule has 1 fully saturated rings. The maximum atomic E-state index is 12.2. The van der Waals surface area contributed by atoms with Crippen LogP contribution in [0, 0.1) is 0 Å². The first kappa shape index (κ1) is 14.7. The van der Waals surface area contributed by atoms with Crippen LogP contribution in [0.4, 0.5) is 0 Å². The second-order valence-electron chi connectivity index (χ2n) is 5.31. The summed E-state index contributed by atoms with van der Waals surface area (Å²) in [7, 11) is 0. The first-order valence-corrected chi connectivity index (χ1v) is 8.98. The minimum atomic E-state index is 0.0458. The second kappa shape index (κ2) is 6.23. The number of hydrogen-bond acceptors (Lipinski definition) is 5. The molecule has 1 saturated heterocycles. The molecule has 21 heavy (non-hydrogen) atoms. The monoisotopic (exact) mass is 322 g/mol. The zero-order valence-electron chi connectivity index (χ0n) is 12.1. The van der Waals surface area contributed by atoms with Crippen LogP contribution in [0.3, 0.4) is 0 Å². The van der Waals surface area contributed by atoms with Crippen molar-refractivity contribution < 1.29 is 9.21 Å². The van der Waals surface area contributed by atoms with Gasteiger partial charge in [0.05, 0.1) is 22.1 Å². The minimum Gasteiger partial charge on any atom is -0.439 e. The number of oxazole rings is 1. The molecular formula is C15H18N2O2S2. The van der Waals surface area contributed by atoms with E-state index in [0.29, 0.717) is 11.6 Å². The summed E-state index contributed by atoms with van der Waals surface area (Å²) in [6.45, 7) is 4.98. The van der Waals surface area contributed by atoms with Crippen molar-refractivity contribution in [2.24, 2.45) is 0 Å². The smallest absolute Gasteiger partial charge is 0.236 e. The highest BCUT2D eigenvalue weighted by Crippen LogP contribution is 2.30. The lowest BCUT2D eigenvalue weighted by Gasteiger charge is -2.20. The zero-order valence-corrected chi connectivity index (χ0v) is 13.7. The summed E-state index contributed by atoms with van der Waals surface area (Å²) in [6.07, 6.45) is 2.68. The van der Waals surface area contributed by atoms with Gasteiger partial charge in [0.1, 0.15) is 0 Å². The maximum absolute atomic E-state index is 12.2. The van der Waals surface area contributed by atoms with Gasteiger partial charge in [0, 0.05) is 12.6 Å². The van der Waals surface area contributed by atoms with E-state index in [9.17, 15) is 4.79 Å². The van der Waals surface area contributed by atoms with Crippen LogP contribution in [0.1, 0.15) is 26.2 Å². The number of amides is 1. The molecule has 6 heteroatoms. The number of thioether (sulfide) groups is 1. The highest BCUT2D eigenvalue weighted by Gasteiger charge is 2.33. The molecule has 112 valence electrons. The fourth-order valence-corrected chi connectivity index (χ4v) is 4.12. The number of nitrogens with zero attached hydrogens (tertiary/aromatic N) is 2. The summed E-state index contributed by atoms with van der Waals surface area (Å²) in [5.74, 6) is 2.40. The normalized spacial score (nSPS) is 18.9. The molecule has 3 heterocycles. The summed E-state index contributed by atoms with van der Waals surface area (Å²) < 4.78 is 5.75. The Balaban J connectivity index is 1.58. The lowest BCUT2D eigenvalue weighted by molar-refractivity contribution is -0.128. The first-order chi connectivity index (χ1) is 10.1. The van der Waals surface area contributed by atoms with Crippen molar-refractivity contribution in [2.75, 3.05) is 6.54 Å². The van der Waals surface area contributed by atoms with E-state index < -0.39 is 0 Å². The first-order valence-electron chi connectivity index (χ1n) is 7.06. The Morgan fingerprint density at radius 1 is 1.57 bits per heavy atom. The molecule has 2 aromatic rings. The largest absolute Gasteiger partial charge is 0.439 e. The molecule has 2 aromatic heterocycles. The standard InChI is InChI=1S/C15H18N2O2S2/c1-10(2)17-6-5-13(15(17)18)21-9-14-16-8-11(19-14)12-4-3-7-20-12/h3-4,7-8,10,13H,5-6,9H2,1-2H3/t13-/m1/s1. The van der Waals surface area contributed by atoms with Crippen molar-refractivity contribution in [2.45, 2.75) is 37.3 Å². The molecular weight excluding hydrogens is 304 g/mol. The number of hydrogen-bond donors (Lipinski definition) is 0. The molecule has 3 rings (SSSR count). The van der Waals surface area contributed by atoms with Crippen molar-refractivity contribution in [3.63, 3.8) is 0 Å². The lowest BCUT2D eigenvalue weighted by atomic mass is 10.3. The van der Waals surface area contributed by atoms with E-state index >= 15 is 0 Å². The summed E-state index contributed by atoms with van der Waals surface area (Å²) in [6, 6.07) is 4.30. The zero-order chi connectivity index (χ0) is 14.8. The SMILES string of the molecule is CC(C)N1CC[C@@H](SCc2ncc(-c3cccs3)o2)C1=O. The molecule has 0 radical (unpaired) electrons. The number of likely N-dealkylation sites (tertiary alicyclic amines) is 1. The predicted molar refractivity (Wildman–Crippen MR) is 86.4 cm³/mol. The van der Waals surface area contributed by atoms with E-state index in [1.165, 1.54) is 0 Å². The third-order valence-corrected chi connectivity index (χ3v) is 5.68. The highest BCUT2D eigenvalue weighted by atomic mass is 32.2. The van der Waals surface area contributed by atoms with Gasteiger partial charge in [-0.15, -0.1) is 23.1 Å². The van der Waals surface area contributed by atoms with Gasteiger partial charge < -0.3 is 9.32 Å². The van der Waals surface area contributed by atoms with Gasteiger partial charge >= 0.3 is 0 Å². The van der Waals surface area contributed by atoms with Gasteiger partial charge in [-0.3, -0.25) is 4.79 Å². The molecule has 0 spiro atoms. The van der Waals surface area contributed by atoms with Crippen molar-refractivity contribution in [3.05, 3.63) is 29.6 Å². The van der Waals surface area contributed by atoms with E-state index in [1.54, 1.807) is 29.3 Å². The predicted octanol–water partition coefficient (Wildman–Crippen LogP) is 3.65. The Kier molecular flexibility index (Phi) is 4.35. The van der Waals surface area contributed by atoms with Crippen molar-refractivity contribution in [1.82, 2.24) is 9.88 Å². The molecule has 1 amide bonds. The average Bonchev–Trinajstić information content (AvgIpc) is 3.17. The van der Waals surface area contributed by atoms with Crippen LogP contribution in [0.15, 0.2) is 28.1 Å². The Morgan fingerprint density at radius 2 is 2.43 bits per heavy atom. The summed E-state index contributed by atoms with van der Waals surface area (Å²) >= 11 is 3.27. The molecule has 0 aromatic carbocycles. The van der Waals surface area contributed by atoms with Gasteiger partial charge in [-0.05, 0) is 31.7 Å². The minimum absolute atomic E-state index is 0.0458. The molecule has 1 atom stereocenters. The second-order valence-corrected chi connectivity index (χ2v) is 7.45. The molecule has 0 aliphatic carbocycles. The number of thiophene rings is 1. The van der Waals surface area contributed by atoms with Gasteiger partial charge in [0.2, 0.25) is 11.8 Å². The molecule has 1 aliphatic heterocycles. The van der Waals surface area contributed by atoms with Crippen LogP contribution in [0.2, 0.25) is 0 Å². The van der Waals surface area contributed by atoms with Crippen molar-refractivity contribution in [1.29, 1.82) is 0 Å². The van der Waals surface area contributed by atoms with Crippen molar-refractivity contribution >= 4 is 29.0 Å². The van der Waals surface area contributed by atoms with Crippen molar-refractivity contribution in [3.8, 4) is 10.6 Å². The van der Waals surface area contributed by atoms with Gasteiger partial charge in [-0.2, -0.15) is 0 Å². The number of carbonyl (C=O) groups excluding carboxylic acids is 1. The fraction of sp³-hybridized carbons (Fsp3) is 0.467. The van der Waals surface area contributed by atoms with Crippen LogP contribution < -0.4 is 0 Å². The van der Waals surface area contributed by atoms with Gasteiger partial charge in [-0.1, -0.05) is 6.07 Å². The molecule has 4 nitrogen and oxygen atoms in total. The molecule has 0 N–H and O–H groups in total. The lowest BCUT2D eigenvalue weighted by Crippen LogP contribution is -2.34. The van der Waals surface area contributed by atoms with Crippen LogP contribution in [-0.4, -0.2) is 33.6 Å². The van der Waals surface area contributed by atoms with Crippen LogP contribution in [0.25, 0.3) is 10.6 Å². The Labute approximate surface area is 132 Å². The Bertz CT molecular complexity index is 607.